The maximum absolute atomic E-state index is 12.7. The number of nitrogens with one attached hydrogen (secondary N) is 2. The fourth-order valence-corrected chi connectivity index (χ4v) is 4.04. The highest BCUT2D eigenvalue weighted by molar-refractivity contribution is 7.91. The van der Waals surface area contributed by atoms with Gasteiger partial charge in [0.25, 0.3) is 0 Å². The lowest BCUT2D eigenvalue weighted by Crippen LogP contribution is -2.41. The SMILES string of the molecule is CNC(=O)NCC1CCc2ccc(S(=O)(=O)c3ccccc3)cc2O1. The quantitative estimate of drug-likeness (QED) is 0.875. The third-order valence-electron chi connectivity index (χ3n) is 4.15. The highest BCUT2D eigenvalue weighted by Gasteiger charge is 2.24. The standard InChI is InChI=1S/C18H20N2O4S/c1-19-18(21)20-12-14-9-7-13-8-10-16(11-17(13)24-14)25(22,23)15-5-3-2-4-6-15/h2-6,8,10-11,14H,7,9,12H2,1H3,(H2,19,20,21). The fraction of sp³-hybridized carbons (Fsp3) is 0.278. The van der Waals surface area contributed by atoms with Crippen molar-refractivity contribution in [3.8, 4) is 5.75 Å². The van der Waals surface area contributed by atoms with Crippen LogP contribution in [0.3, 0.4) is 0 Å². The Hall–Kier alpha value is -2.54. The third kappa shape index (κ3) is 3.76. The van der Waals surface area contributed by atoms with Gasteiger partial charge in [-0.1, -0.05) is 24.3 Å². The molecule has 3 rings (SSSR count). The van der Waals surface area contributed by atoms with Crippen molar-refractivity contribution in [3.63, 3.8) is 0 Å². The Morgan fingerprint density at radius 3 is 2.64 bits per heavy atom. The van der Waals surface area contributed by atoms with Gasteiger partial charge in [0.1, 0.15) is 11.9 Å². The Balaban J connectivity index is 1.82. The van der Waals surface area contributed by atoms with Crippen LogP contribution in [0, 0.1) is 0 Å². The average Bonchev–Trinajstić information content (AvgIpc) is 2.66. The highest BCUT2D eigenvalue weighted by atomic mass is 32.2. The normalized spacial score (nSPS) is 16.4. The van der Waals surface area contributed by atoms with E-state index in [0.29, 0.717) is 12.3 Å². The molecule has 1 heterocycles. The van der Waals surface area contributed by atoms with Crippen LogP contribution in [0.4, 0.5) is 4.79 Å². The lowest BCUT2D eigenvalue weighted by molar-refractivity contribution is 0.169. The number of hydrogen-bond donors (Lipinski definition) is 2. The summed E-state index contributed by atoms with van der Waals surface area (Å²) in [5.41, 5.74) is 0.975. The van der Waals surface area contributed by atoms with Gasteiger partial charge in [-0.05, 0) is 42.7 Å². The summed E-state index contributed by atoms with van der Waals surface area (Å²) in [6.45, 7) is 0.370. The number of amides is 2. The van der Waals surface area contributed by atoms with Gasteiger partial charge >= 0.3 is 6.03 Å². The molecule has 132 valence electrons. The molecule has 2 aromatic carbocycles. The van der Waals surface area contributed by atoms with Crippen LogP contribution in [0.25, 0.3) is 0 Å². The molecule has 0 saturated heterocycles. The van der Waals surface area contributed by atoms with Crippen LogP contribution < -0.4 is 15.4 Å². The molecule has 2 N–H and O–H groups in total. The number of carbonyl (C=O) groups is 1. The summed E-state index contributed by atoms with van der Waals surface area (Å²) in [6.07, 6.45) is 1.36. The van der Waals surface area contributed by atoms with Crippen LogP contribution in [0.2, 0.25) is 0 Å². The average molecular weight is 360 g/mol. The molecule has 0 aromatic heterocycles. The minimum Gasteiger partial charge on any atom is -0.488 e. The van der Waals surface area contributed by atoms with Crippen LogP contribution in [-0.2, 0) is 16.3 Å². The molecule has 0 saturated carbocycles. The molecule has 1 atom stereocenters. The molecule has 7 heteroatoms. The fourth-order valence-electron chi connectivity index (χ4n) is 2.75. The summed E-state index contributed by atoms with van der Waals surface area (Å²) in [5, 5.41) is 5.20. The zero-order chi connectivity index (χ0) is 17.9. The number of hydrogen-bond acceptors (Lipinski definition) is 4. The molecule has 0 aliphatic carbocycles. The number of ether oxygens (including phenoxy) is 1. The van der Waals surface area contributed by atoms with E-state index < -0.39 is 9.84 Å². The lowest BCUT2D eigenvalue weighted by atomic mass is 10.0. The third-order valence-corrected chi connectivity index (χ3v) is 5.92. The summed E-state index contributed by atoms with van der Waals surface area (Å²) in [5.74, 6) is 0.562. The molecule has 1 aliphatic heterocycles. The largest absolute Gasteiger partial charge is 0.488 e. The van der Waals surface area contributed by atoms with E-state index in [1.807, 2.05) is 0 Å². The number of sulfone groups is 1. The molecular weight excluding hydrogens is 340 g/mol. The number of aryl methyl sites for hydroxylation is 1. The van der Waals surface area contributed by atoms with Crippen molar-refractivity contribution in [3.05, 3.63) is 54.1 Å². The van der Waals surface area contributed by atoms with E-state index in [1.54, 1.807) is 55.6 Å². The zero-order valence-electron chi connectivity index (χ0n) is 13.9. The zero-order valence-corrected chi connectivity index (χ0v) is 14.7. The minimum atomic E-state index is -3.58. The maximum atomic E-state index is 12.7. The first-order chi connectivity index (χ1) is 12.0. The smallest absolute Gasteiger partial charge is 0.314 e. The van der Waals surface area contributed by atoms with Crippen LogP contribution >= 0.6 is 0 Å². The van der Waals surface area contributed by atoms with E-state index >= 15 is 0 Å². The molecule has 2 aromatic rings. The summed E-state index contributed by atoms with van der Waals surface area (Å²) in [7, 11) is -2.03. The lowest BCUT2D eigenvalue weighted by Gasteiger charge is -2.26. The summed E-state index contributed by atoms with van der Waals surface area (Å²) in [6, 6.07) is 13.0. The molecule has 0 spiro atoms. The van der Waals surface area contributed by atoms with Gasteiger partial charge in [0, 0.05) is 7.05 Å². The second-order valence-corrected chi connectivity index (χ2v) is 7.77. The highest BCUT2D eigenvalue weighted by Crippen LogP contribution is 2.32. The molecular formula is C18H20N2O4S. The van der Waals surface area contributed by atoms with Gasteiger partial charge in [-0.25, -0.2) is 13.2 Å². The first kappa shape index (κ1) is 17.3. The van der Waals surface area contributed by atoms with Crippen molar-refractivity contribution in [1.29, 1.82) is 0 Å². The monoisotopic (exact) mass is 360 g/mol. The predicted molar refractivity (Wildman–Crippen MR) is 93.5 cm³/mol. The van der Waals surface area contributed by atoms with Crippen LogP contribution in [0.5, 0.6) is 5.75 Å². The Labute approximate surface area is 147 Å². The molecule has 25 heavy (non-hydrogen) atoms. The summed E-state index contributed by atoms with van der Waals surface area (Å²) < 4.78 is 31.4. The van der Waals surface area contributed by atoms with E-state index in [4.69, 9.17) is 4.74 Å². The first-order valence-electron chi connectivity index (χ1n) is 8.06. The van der Waals surface area contributed by atoms with Crippen molar-refractivity contribution >= 4 is 15.9 Å². The van der Waals surface area contributed by atoms with E-state index in [0.717, 1.165) is 18.4 Å². The van der Waals surface area contributed by atoms with Gasteiger partial charge in [0.15, 0.2) is 0 Å². The van der Waals surface area contributed by atoms with Gasteiger partial charge in [-0.3, -0.25) is 0 Å². The van der Waals surface area contributed by atoms with Crippen LogP contribution in [0.1, 0.15) is 12.0 Å². The van der Waals surface area contributed by atoms with Crippen molar-refractivity contribution in [2.24, 2.45) is 0 Å². The molecule has 0 radical (unpaired) electrons. The number of urea groups is 1. The Morgan fingerprint density at radius 2 is 1.92 bits per heavy atom. The van der Waals surface area contributed by atoms with Crippen molar-refractivity contribution in [2.75, 3.05) is 13.6 Å². The van der Waals surface area contributed by atoms with E-state index in [2.05, 4.69) is 10.6 Å². The first-order valence-corrected chi connectivity index (χ1v) is 9.54. The number of benzene rings is 2. The minimum absolute atomic E-state index is 0.181. The number of carbonyl (C=O) groups excluding carboxylic acids is 1. The van der Waals surface area contributed by atoms with Crippen LogP contribution in [0.15, 0.2) is 58.3 Å². The van der Waals surface area contributed by atoms with E-state index in [1.165, 1.54) is 0 Å². The molecule has 2 amide bonds. The summed E-state index contributed by atoms with van der Waals surface area (Å²) in [4.78, 5) is 11.7. The Morgan fingerprint density at radius 1 is 1.16 bits per heavy atom. The van der Waals surface area contributed by atoms with Crippen LogP contribution in [-0.4, -0.2) is 34.1 Å². The van der Waals surface area contributed by atoms with Crippen molar-refractivity contribution in [2.45, 2.75) is 28.7 Å². The second-order valence-electron chi connectivity index (χ2n) is 5.82. The van der Waals surface area contributed by atoms with Crippen molar-refractivity contribution < 1.29 is 17.9 Å². The molecule has 1 aliphatic rings. The van der Waals surface area contributed by atoms with Gasteiger partial charge in [0.2, 0.25) is 9.84 Å². The number of rotatable bonds is 4. The van der Waals surface area contributed by atoms with Gasteiger partial charge < -0.3 is 15.4 Å². The summed E-state index contributed by atoms with van der Waals surface area (Å²) >= 11 is 0. The van der Waals surface area contributed by atoms with Gasteiger partial charge in [0.05, 0.1) is 16.3 Å². The molecule has 0 fully saturated rings. The maximum Gasteiger partial charge on any atom is 0.314 e. The van der Waals surface area contributed by atoms with Gasteiger partial charge in [-0.2, -0.15) is 0 Å². The second kappa shape index (κ2) is 7.14. The van der Waals surface area contributed by atoms with Crippen molar-refractivity contribution in [1.82, 2.24) is 10.6 Å². The topological polar surface area (TPSA) is 84.5 Å². The Bertz CT molecular complexity index is 866. The molecule has 6 nitrogen and oxygen atoms in total. The van der Waals surface area contributed by atoms with Gasteiger partial charge in [-0.15, -0.1) is 0 Å². The predicted octanol–water partition coefficient (Wildman–Crippen LogP) is 2.14. The molecule has 1 unspecified atom stereocenters. The molecule has 0 bridgehead atoms. The number of fused-ring (bicyclic) bond motifs is 1. The van der Waals surface area contributed by atoms with E-state index in [9.17, 15) is 13.2 Å². The van der Waals surface area contributed by atoms with E-state index in [-0.39, 0.29) is 21.9 Å². The Kier molecular flexibility index (Phi) is 4.94.